The van der Waals surface area contributed by atoms with Gasteiger partial charge in [-0.2, -0.15) is 0 Å². The molecule has 1 amide bonds. The minimum absolute atomic E-state index is 0.0662. The fourth-order valence-corrected chi connectivity index (χ4v) is 4.01. The number of anilines is 1. The molecule has 0 unspecified atom stereocenters. The van der Waals surface area contributed by atoms with E-state index in [0.717, 1.165) is 11.4 Å². The van der Waals surface area contributed by atoms with Gasteiger partial charge in [-0.25, -0.2) is 8.42 Å². The molecule has 1 saturated heterocycles. The number of amides is 1. The molecular weight excluding hydrogens is 290 g/mol. The van der Waals surface area contributed by atoms with Gasteiger partial charge in [0, 0.05) is 12.1 Å². The Labute approximate surface area is 125 Å². The molecule has 1 aliphatic heterocycles. The molecule has 0 bridgehead atoms. The highest BCUT2D eigenvalue weighted by Gasteiger charge is 2.25. The van der Waals surface area contributed by atoms with Crippen LogP contribution in [0.1, 0.15) is 26.2 Å². The first-order chi connectivity index (χ1) is 9.98. The van der Waals surface area contributed by atoms with Crippen LogP contribution >= 0.6 is 0 Å². The number of hydrogen-bond donors (Lipinski definition) is 1. The average Bonchev–Trinajstić information content (AvgIpc) is 2.44. The molecule has 5 nitrogen and oxygen atoms in total. The van der Waals surface area contributed by atoms with Gasteiger partial charge < -0.3 is 10.1 Å². The van der Waals surface area contributed by atoms with E-state index < -0.39 is 9.84 Å². The Hall–Kier alpha value is -1.56. The lowest BCUT2D eigenvalue weighted by Crippen LogP contribution is -2.26. The molecule has 0 spiro atoms. The van der Waals surface area contributed by atoms with E-state index >= 15 is 0 Å². The normalized spacial score (nSPS) is 18.1. The Bertz CT molecular complexity index is 566. The molecule has 116 valence electrons. The molecule has 1 aromatic carbocycles. The third kappa shape index (κ3) is 5.04. The van der Waals surface area contributed by atoms with Gasteiger partial charge in [-0.3, -0.25) is 4.79 Å². The lowest BCUT2D eigenvalue weighted by molar-refractivity contribution is -0.117. The summed E-state index contributed by atoms with van der Waals surface area (Å²) < 4.78 is 28.0. The zero-order chi connectivity index (χ0) is 15.3. The summed E-state index contributed by atoms with van der Waals surface area (Å²) in [6.07, 6.45) is 1.54. The summed E-state index contributed by atoms with van der Waals surface area (Å²) in [7, 11) is -2.87. The number of benzene rings is 1. The van der Waals surface area contributed by atoms with Crippen molar-refractivity contribution in [2.24, 2.45) is 5.92 Å². The van der Waals surface area contributed by atoms with E-state index in [4.69, 9.17) is 4.74 Å². The molecule has 1 fully saturated rings. The van der Waals surface area contributed by atoms with Crippen molar-refractivity contribution in [3.05, 3.63) is 24.3 Å². The third-order valence-corrected chi connectivity index (χ3v) is 5.31. The van der Waals surface area contributed by atoms with E-state index in [1.807, 2.05) is 19.1 Å². The molecular formula is C15H21NO4S. The second-order valence-electron chi connectivity index (χ2n) is 5.30. The first-order valence-electron chi connectivity index (χ1n) is 7.21. The highest BCUT2D eigenvalue weighted by Crippen LogP contribution is 2.23. The third-order valence-electron chi connectivity index (χ3n) is 3.60. The average molecular weight is 311 g/mol. The topological polar surface area (TPSA) is 72.5 Å². The highest BCUT2D eigenvalue weighted by atomic mass is 32.2. The minimum Gasteiger partial charge on any atom is -0.494 e. The number of rotatable bonds is 5. The second-order valence-corrected chi connectivity index (χ2v) is 7.61. The smallest absolute Gasteiger partial charge is 0.224 e. The fourth-order valence-electron chi connectivity index (χ4n) is 2.42. The summed E-state index contributed by atoms with van der Waals surface area (Å²) >= 11 is 0. The first-order valence-corrected chi connectivity index (χ1v) is 9.04. The molecule has 0 saturated carbocycles. The van der Waals surface area contributed by atoms with Crippen LogP contribution in [0.15, 0.2) is 24.3 Å². The maximum Gasteiger partial charge on any atom is 0.224 e. The summed E-state index contributed by atoms with van der Waals surface area (Å²) in [6, 6.07) is 7.22. The second kappa shape index (κ2) is 6.93. The summed E-state index contributed by atoms with van der Waals surface area (Å²) in [6.45, 7) is 2.52. The van der Waals surface area contributed by atoms with Crippen LogP contribution in [0.25, 0.3) is 0 Å². The number of hydrogen-bond acceptors (Lipinski definition) is 4. The molecule has 0 aromatic heterocycles. The van der Waals surface area contributed by atoms with Crippen LogP contribution in [0.5, 0.6) is 5.75 Å². The quantitative estimate of drug-likeness (QED) is 0.905. The summed E-state index contributed by atoms with van der Waals surface area (Å²) in [5.74, 6) is 1.27. The van der Waals surface area contributed by atoms with Crippen molar-refractivity contribution in [3.8, 4) is 5.75 Å². The summed E-state index contributed by atoms with van der Waals surface area (Å²) in [5, 5.41) is 2.84. The molecule has 0 radical (unpaired) electrons. The Morgan fingerprint density at radius 3 is 2.43 bits per heavy atom. The highest BCUT2D eigenvalue weighted by molar-refractivity contribution is 7.91. The Balaban J connectivity index is 1.82. The van der Waals surface area contributed by atoms with Crippen molar-refractivity contribution in [1.29, 1.82) is 0 Å². The van der Waals surface area contributed by atoms with Crippen LogP contribution in [0.3, 0.4) is 0 Å². The van der Waals surface area contributed by atoms with Crippen LogP contribution in [-0.2, 0) is 14.6 Å². The standard InChI is InChI=1S/C15H21NO4S/c1-2-20-14-5-3-13(4-6-14)16-15(17)11-12-7-9-21(18,19)10-8-12/h3-6,12H,2,7-11H2,1H3,(H,16,17). The molecule has 0 aliphatic carbocycles. The molecule has 6 heteroatoms. The van der Waals surface area contributed by atoms with Gasteiger partial charge in [0.15, 0.2) is 0 Å². The Kier molecular flexibility index (Phi) is 5.22. The molecule has 21 heavy (non-hydrogen) atoms. The van der Waals surface area contributed by atoms with Crippen molar-refractivity contribution in [1.82, 2.24) is 0 Å². The van der Waals surface area contributed by atoms with Gasteiger partial charge in [0.05, 0.1) is 18.1 Å². The molecule has 2 rings (SSSR count). The van der Waals surface area contributed by atoms with Crippen LogP contribution in [0.4, 0.5) is 5.69 Å². The molecule has 0 atom stereocenters. The van der Waals surface area contributed by atoms with E-state index in [9.17, 15) is 13.2 Å². The fraction of sp³-hybridized carbons (Fsp3) is 0.533. The van der Waals surface area contributed by atoms with Gasteiger partial charge in [-0.1, -0.05) is 0 Å². The van der Waals surface area contributed by atoms with Gasteiger partial charge >= 0.3 is 0 Å². The number of sulfone groups is 1. The van der Waals surface area contributed by atoms with Gasteiger partial charge in [0.2, 0.25) is 5.91 Å². The van der Waals surface area contributed by atoms with E-state index in [2.05, 4.69) is 5.32 Å². The predicted molar refractivity (Wildman–Crippen MR) is 82.2 cm³/mol. The summed E-state index contributed by atoms with van der Waals surface area (Å²) in [4.78, 5) is 12.0. The number of carbonyl (C=O) groups excluding carboxylic acids is 1. The number of ether oxygens (including phenoxy) is 1. The Morgan fingerprint density at radius 2 is 1.86 bits per heavy atom. The minimum atomic E-state index is -2.87. The van der Waals surface area contributed by atoms with Crippen LogP contribution in [0, 0.1) is 5.92 Å². The zero-order valence-corrected chi connectivity index (χ0v) is 13.0. The van der Waals surface area contributed by atoms with Crippen LogP contribution in [0.2, 0.25) is 0 Å². The van der Waals surface area contributed by atoms with E-state index in [1.54, 1.807) is 12.1 Å². The van der Waals surface area contributed by atoms with Crippen LogP contribution < -0.4 is 10.1 Å². The lowest BCUT2D eigenvalue weighted by Gasteiger charge is -2.21. The molecule has 1 aliphatic rings. The van der Waals surface area contributed by atoms with Crippen LogP contribution in [-0.4, -0.2) is 32.4 Å². The SMILES string of the molecule is CCOc1ccc(NC(=O)CC2CCS(=O)(=O)CC2)cc1. The van der Waals surface area contributed by atoms with E-state index in [-0.39, 0.29) is 23.3 Å². The Morgan fingerprint density at radius 1 is 1.24 bits per heavy atom. The molecule has 1 aromatic rings. The monoisotopic (exact) mass is 311 g/mol. The predicted octanol–water partition coefficient (Wildman–Crippen LogP) is 2.24. The van der Waals surface area contributed by atoms with Gasteiger partial charge in [0.1, 0.15) is 15.6 Å². The van der Waals surface area contributed by atoms with Crippen molar-refractivity contribution >= 4 is 21.4 Å². The van der Waals surface area contributed by atoms with E-state index in [1.165, 1.54) is 0 Å². The lowest BCUT2D eigenvalue weighted by atomic mass is 9.98. The van der Waals surface area contributed by atoms with Crippen molar-refractivity contribution < 1.29 is 17.9 Å². The molecule has 1 N–H and O–H groups in total. The van der Waals surface area contributed by atoms with Gasteiger partial charge in [-0.15, -0.1) is 0 Å². The largest absolute Gasteiger partial charge is 0.494 e. The van der Waals surface area contributed by atoms with Gasteiger partial charge in [-0.05, 0) is 49.9 Å². The van der Waals surface area contributed by atoms with Crippen molar-refractivity contribution in [2.75, 3.05) is 23.4 Å². The van der Waals surface area contributed by atoms with E-state index in [0.29, 0.717) is 25.9 Å². The maximum atomic E-state index is 12.0. The van der Waals surface area contributed by atoms with Gasteiger partial charge in [0.25, 0.3) is 0 Å². The maximum absolute atomic E-state index is 12.0. The van der Waals surface area contributed by atoms with Crippen molar-refractivity contribution in [2.45, 2.75) is 26.2 Å². The number of carbonyl (C=O) groups is 1. The number of nitrogens with one attached hydrogen (secondary N) is 1. The zero-order valence-electron chi connectivity index (χ0n) is 12.2. The molecule has 1 heterocycles. The summed E-state index contributed by atoms with van der Waals surface area (Å²) in [5.41, 5.74) is 0.729. The van der Waals surface area contributed by atoms with Crippen molar-refractivity contribution in [3.63, 3.8) is 0 Å². The first kappa shape index (κ1) is 15.8.